The van der Waals surface area contributed by atoms with Gasteiger partial charge in [0.1, 0.15) is 14.7 Å². The monoisotopic (exact) mass is 386 g/mol. The molecule has 0 bridgehead atoms. The maximum Gasteiger partial charge on any atom is 0.263 e. The molecule has 0 spiro atoms. The van der Waals surface area contributed by atoms with E-state index in [1.165, 1.54) is 28.5 Å². The molecular formula is C16H22N2O3S3. The molecule has 24 heavy (non-hydrogen) atoms. The van der Waals surface area contributed by atoms with Gasteiger partial charge in [0.05, 0.1) is 11.1 Å². The zero-order chi connectivity index (χ0) is 17.5. The second-order valence-corrected chi connectivity index (χ2v) is 10.9. The predicted molar refractivity (Wildman–Crippen MR) is 101 cm³/mol. The Hall–Kier alpha value is -0.860. The molecule has 0 aliphatic heterocycles. The Balaban J connectivity index is 2.03. The van der Waals surface area contributed by atoms with Gasteiger partial charge in [0.15, 0.2) is 5.16 Å². The Morgan fingerprint density at radius 3 is 2.83 bits per heavy atom. The second-order valence-electron chi connectivity index (χ2n) is 6.45. The molecule has 3 rings (SSSR count). The molecule has 0 fully saturated rings. The molecule has 132 valence electrons. The van der Waals surface area contributed by atoms with Crippen molar-refractivity contribution in [3.05, 3.63) is 20.8 Å². The summed E-state index contributed by atoms with van der Waals surface area (Å²) in [7, 11) is -3.01. The maximum absolute atomic E-state index is 13.0. The number of thiophene rings is 1. The Labute approximate surface area is 150 Å². The fourth-order valence-electron chi connectivity index (χ4n) is 3.08. The van der Waals surface area contributed by atoms with Crippen LogP contribution in [0.25, 0.3) is 10.2 Å². The number of sulfone groups is 1. The Bertz CT molecular complexity index is 928. The van der Waals surface area contributed by atoms with E-state index < -0.39 is 9.84 Å². The van der Waals surface area contributed by atoms with Crippen molar-refractivity contribution in [1.82, 2.24) is 9.55 Å². The van der Waals surface area contributed by atoms with Crippen molar-refractivity contribution in [2.45, 2.75) is 44.8 Å². The van der Waals surface area contributed by atoms with Gasteiger partial charge in [-0.05, 0) is 37.7 Å². The van der Waals surface area contributed by atoms with Crippen molar-refractivity contribution in [2.24, 2.45) is 5.92 Å². The normalized spacial score (nSPS) is 18.0. The molecule has 1 atom stereocenters. The van der Waals surface area contributed by atoms with Crippen LogP contribution in [0.2, 0.25) is 0 Å². The van der Waals surface area contributed by atoms with Crippen LogP contribution in [0.5, 0.6) is 0 Å². The predicted octanol–water partition coefficient (Wildman–Crippen LogP) is 2.74. The highest BCUT2D eigenvalue weighted by Gasteiger charge is 2.24. The number of nitrogens with zero attached hydrogens (tertiary/aromatic N) is 2. The number of aryl methyl sites for hydroxylation is 1. The molecule has 5 nitrogen and oxygen atoms in total. The summed E-state index contributed by atoms with van der Waals surface area (Å²) in [6, 6.07) is 0. The van der Waals surface area contributed by atoms with Crippen LogP contribution in [0.3, 0.4) is 0 Å². The second kappa shape index (κ2) is 6.80. The number of thioether (sulfide) groups is 1. The molecule has 0 saturated carbocycles. The lowest BCUT2D eigenvalue weighted by Gasteiger charge is -2.17. The van der Waals surface area contributed by atoms with Gasteiger partial charge in [-0.1, -0.05) is 18.7 Å². The summed E-state index contributed by atoms with van der Waals surface area (Å²) in [5.41, 5.74) is 1.22. The molecule has 8 heteroatoms. The quantitative estimate of drug-likeness (QED) is 0.584. The standard InChI is InChI=1S/C16H22N2O3S3/c1-4-18-15(19)13-11-6-5-10(2)9-12(11)23-14(13)17-16(18)22-7-8-24(3,20)21/h10H,4-9H2,1-3H3. The van der Waals surface area contributed by atoms with Crippen LogP contribution < -0.4 is 5.56 Å². The molecule has 0 radical (unpaired) electrons. The summed E-state index contributed by atoms with van der Waals surface area (Å²) in [6.07, 6.45) is 4.33. The van der Waals surface area contributed by atoms with Crippen LogP contribution >= 0.6 is 23.1 Å². The van der Waals surface area contributed by atoms with Gasteiger partial charge in [-0.3, -0.25) is 9.36 Å². The topological polar surface area (TPSA) is 69.0 Å². The maximum atomic E-state index is 13.0. The van der Waals surface area contributed by atoms with Crippen molar-refractivity contribution in [3.63, 3.8) is 0 Å². The minimum Gasteiger partial charge on any atom is -0.287 e. The molecule has 0 amide bonds. The first-order valence-electron chi connectivity index (χ1n) is 8.15. The van der Waals surface area contributed by atoms with Gasteiger partial charge in [0, 0.05) is 23.4 Å². The fraction of sp³-hybridized carbons (Fsp3) is 0.625. The molecular weight excluding hydrogens is 364 g/mol. The molecule has 0 saturated heterocycles. The van der Waals surface area contributed by atoms with Gasteiger partial charge < -0.3 is 0 Å². The van der Waals surface area contributed by atoms with Crippen LogP contribution in [-0.4, -0.2) is 35.7 Å². The summed E-state index contributed by atoms with van der Waals surface area (Å²) in [5, 5.41) is 1.42. The molecule has 2 heterocycles. The lowest BCUT2D eigenvalue weighted by atomic mass is 9.89. The molecule has 1 unspecified atom stereocenters. The van der Waals surface area contributed by atoms with E-state index in [-0.39, 0.29) is 11.3 Å². The largest absolute Gasteiger partial charge is 0.287 e. The number of hydrogen-bond donors (Lipinski definition) is 0. The van der Waals surface area contributed by atoms with Crippen molar-refractivity contribution in [2.75, 3.05) is 17.8 Å². The molecule has 0 N–H and O–H groups in total. The van der Waals surface area contributed by atoms with Crippen LogP contribution in [0.4, 0.5) is 0 Å². The number of fused-ring (bicyclic) bond motifs is 3. The van der Waals surface area contributed by atoms with E-state index in [0.717, 1.165) is 29.5 Å². The van der Waals surface area contributed by atoms with Crippen molar-refractivity contribution < 1.29 is 8.42 Å². The minimum absolute atomic E-state index is 0.0245. The van der Waals surface area contributed by atoms with Crippen molar-refractivity contribution in [1.29, 1.82) is 0 Å². The fourth-order valence-corrected chi connectivity index (χ4v) is 6.76. The lowest BCUT2D eigenvalue weighted by molar-refractivity contribution is 0.509. The summed E-state index contributed by atoms with van der Waals surface area (Å²) in [5.74, 6) is 1.16. The summed E-state index contributed by atoms with van der Waals surface area (Å²) in [4.78, 5) is 19.8. The first kappa shape index (κ1) is 17.9. The number of hydrogen-bond acceptors (Lipinski definition) is 6. The van der Waals surface area contributed by atoms with Gasteiger partial charge in [-0.15, -0.1) is 11.3 Å². The highest BCUT2D eigenvalue weighted by Crippen LogP contribution is 2.36. The first-order chi connectivity index (χ1) is 11.3. The summed E-state index contributed by atoms with van der Waals surface area (Å²) < 4.78 is 24.3. The summed E-state index contributed by atoms with van der Waals surface area (Å²) >= 11 is 2.99. The van der Waals surface area contributed by atoms with E-state index in [4.69, 9.17) is 4.98 Å². The van der Waals surface area contributed by atoms with Crippen molar-refractivity contribution >= 4 is 43.2 Å². The van der Waals surface area contributed by atoms with E-state index in [1.807, 2.05) is 6.92 Å². The zero-order valence-electron chi connectivity index (χ0n) is 14.2. The molecule has 1 aliphatic rings. The van der Waals surface area contributed by atoms with Gasteiger partial charge >= 0.3 is 0 Å². The average Bonchev–Trinajstić information content (AvgIpc) is 2.83. The first-order valence-corrected chi connectivity index (χ1v) is 12.0. The average molecular weight is 387 g/mol. The van der Waals surface area contributed by atoms with Crippen LogP contribution in [0.1, 0.15) is 30.7 Å². The molecule has 1 aliphatic carbocycles. The van der Waals surface area contributed by atoms with E-state index in [9.17, 15) is 13.2 Å². The van der Waals surface area contributed by atoms with E-state index >= 15 is 0 Å². The Kier molecular flexibility index (Phi) is 5.09. The molecule has 2 aromatic heterocycles. The third-order valence-electron chi connectivity index (χ3n) is 4.38. The minimum atomic E-state index is -3.01. The smallest absolute Gasteiger partial charge is 0.263 e. The number of aromatic nitrogens is 2. The molecule has 2 aromatic rings. The van der Waals surface area contributed by atoms with E-state index in [2.05, 4.69) is 6.92 Å². The highest BCUT2D eigenvalue weighted by molar-refractivity contribution is 8.00. The lowest BCUT2D eigenvalue weighted by Crippen LogP contribution is -2.23. The Morgan fingerprint density at radius 2 is 2.17 bits per heavy atom. The van der Waals surface area contributed by atoms with E-state index in [0.29, 0.717) is 23.4 Å². The zero-order valence-corrected chi connectivity index (χ0v) is 16.6. The van der Waals surface area contributed by atoms with Crippen LogP contribution in [0.15, 0.2) is 9.95 Å². The van der Waals surface area contributed by atoms with Gasteiger partial charge in [-0.25, -0.2) is 13.4 Å². The van der Waals surface area contributed by atoms with Gasteiger partial charge in [0.2, 0.25) is 0 Å². The van der Waals surface area contributed by atoms with Crippen LogP contribution in [-0.2, 0) is 29.2 Å². The highest BCUT2D eigenvalue weighted by atomic mass is 32.2. The molecule has 0 aromatic carbocycles. The Morgan fingerprint density at radius 1 is 1.42 bits per heavy atom. The SMILES string of the molecule is CCn1c(SCCS(C)(=O)=O)nc2sc3c(c2c1=O)CCC(C)C3. The summed E-state index contributed by atoms with van der Waals surface area (Å²) in [6.45, 7) is 4.72. The van der Waals surface area contributed by atoms with Crippen LogP contribution in [0, 0.1) is 5.92 Å². The van der Waals surface area contributed by atoms with E-state index in [1.54, 1.807) is 15.9 Å². The van der Waals surface area contributed by atoms with Crippen molar-refractivity contribution in [3.8, 4) is 0 Å². The third kappa shape index (κ3) is 3.55. The van der Waals surface area contributed by atoms with Gasteiger partial charge in [0.25, 0.3) is 5.56 Å². The third-order valence-corrected chi connectivity index (χ3v) is 7.71. The number of rotatable bonds is 5. The van der Waals surface area contributed by atoms with Gasteiger partial charge in [-0.2, -0.15) is 0 Å².